The zero-order chi connectivity index (χ0) is 45.1. The molecule has 0 saturated carbocycles. The first kappa shape index (κ1) is 46.8. The Morgan fingerprint density at radius 1 is 1.18 bits per heavy atom. The number of rotatable bonds is 6. The Labute approximate surface area is 360 Å². The molecule has 2 fully saturated rings. The van der Waals surface area contributed by atoms with Gasteiger partial charge >= 0.3 is 11.9 Å². The van der Waals surface area contributed by atoms with Gasteiger partial charge in [0.05, 0.1) is 34.6 Å². The number of nitro groups is 1. The molecule has 0 spiro atoms. The predicted octanol–water partition coefficient (Wildman–Crippen LogP) is 6.86. The maximum Gasteiger partial charge on any atom is 0.328 e. The lowest BCUT2D eigenvalue weighted by atomic mass is 9.78. The quantitative estimate of drug-likeness (QED) is 0.117. The van der Waals surface area contributed by atoms with Crippen LogP contribution < -0.4 is 4.90 Å². The number of anilines is 1. The Morgan fingerprint density at radius 2 is 1.89 bits per heavy atom. The van der Waals surface area contributed by atoms with Crippen molar-refractivity contribution in [1.29, 1.82) is 0 Å². The van der Waals surface area contributed by atoms with E-state index in [0.29, 0.717) is 17.1 Å². The Balaban J connectivity index is 0.00000347. The Kier molecular flexibility index (Phi) is 14.4. The summed E-state index contributed by atoms with van der Waals surface area (Å²) in [6.07, 6.45) is 3.05. The summed E-state index contributed by atoms with van der Waals surface area (Å²) in [5, 5.41) is 24.2. The van der Waals surface area contributed by atoms with Crippen molar-refractivity contribution in [3.63, 3.8) is 0 Å². The van der Waals surface area contributed by atoms with Crippen molar-refractivity contribution in [2.24, 2.45) is 5.92 Å². The number of allylic oxidation sites excluding steroid dienone is 3. The summed E-state index contributed by atoms with van der Waals surface area (Å²) in [6, 6.07) is 8.16. The van der Waals surface area contributed by atoms with Crippen LogP contribution in [-0.2, 0) is 39.8 Å². The summed E-state index contributed by atoms with van der Waals surface area (Å²) in [5.41, 5.74) is -0.00600. The molecule has 3 aromatic rings. The number of carbonyl (C=O) groups excluding carboxylic acids is 4. The SMILES string of the molecule is CC.CO[C@@H]1/C=C/C=C(\C)Cc2cc(C)c(Cl)c(c2)N(C)C(=O)C[C@H](OC(=O)[C@H](C)N(C)C(=O)c2ccc([N+](=O)[O-])c3ncccc23)[C@]2(C)O[C@H]2[C@H](C)[C@@H]2C[C@@]1(O)CC(=O)O2. The molecule has 328 valence electrons. The number of nitrogens with zero attached hydrogens (tertiary/aromatic N) is 4. The van der Waals surface area contributed by atoms with Crippen LogP contribution in [0.15, 0.2) is 66.4 Å². The number of esters is 2. The summed E-state index contributed by atoms with van der Waals surface area (Å²) in [4.78, 5) is 73.0. The third-order valence-electron chi connectivity index (χ3n) is 11.9. The van der Waals surface area contributed by atoms with E-state index in [2.05, 4.69) is 4.98 Å². The molecule has 4 bridgehead atoms. The Hall–Kier alpha value is -5.22. The number of halogens is 1. The molecular weight excluding hydrogens is 808 g/mol. The van der Waals surface area contributed by atoms with Crippen LogP contribution in [-0.4, -0.2) is 107 Å². The normalized spacial score (nSPS) is 28.5. The Bertz CT molecular complexity index is 2260. The molecule has 61 heavy (non-hydrogen) atoms. The number of fused-ring (bicyclic) bond motifs is 6. The number of aryl methyl sites for hydroxylation is 1. The standard InChI is InChI=1S/C43H49ClN4O11.C2H6/c1-23-11-9-13-33(56-8)43(53)21-32(57-36(50)22-43)25(3)39-42(5,59-39)34(20-35(49)47(7)31-19-27(17-23)18-24(2)37(31)44)58-41(52)26(4)46(6)40(51)29-14-15-30(48(54)55)38-28(29)12-10-16-45-38;1-2/h9-16,18-19,25-26,32-34,39,53H,17,20-22H2,1-8H3;1-2H3/b13-9+,23-11+;/t25-,26+,32+,33-,34+,39+,42+,43-;/m1./s1. The number of likely N-dealkylation sites (N-methyl/N-ethyl adjacent to an activating group) is 1. The highest BCUT2D eigenvalue weighted by atomic mass is 35.5. The van der Waals surface area contributed by atoms with E-state index in [1.807, 2.05) is 45.9 Å². The van der Waals surface area contributed by atoms with Gasteiger partial charge in [0.15, 0.2) is 0 Å². The first-order valence-electron chi connectivity index (χ1n) is 20.3. The van der Waals surface area contributed by atoms with Gasteiger partial charge in [-0.1, -0.05) is 68.3 Å². The van der Waals surface area contributed by atoms with Gasteiger partial charge < -0.3 is 33.9 Å². The first-order chi connectivity index (χ1) is 28.8. The number of benzene rings is 2. The molecule has 3 aliphatic heterocycles. The second kappa shape index (κ2) is 18.8. The fourth-order valence-electron chi connectivity index (χ4n) is 8.15. The molecule has 2 saturated heterocycles. The van der Waals surface area contributed by atoms with Crippen LogP contribution in [0.4, 0.5) is 11.4 Å². The number of methoxy groups -OCH3 is 1. The van der Waals surface area contributed by atoms with Gasteiger partial charge in [-0.25, -0.2) is 9.78 Å². The van der Waals surface area contributed by atoms with Gasteiger partial charge in [-0.3, -0.25) is 24.5 Å². The van der Waals surface area contributed by atoms with Crippen LogP contribution in [0.2, 0.25) is 5.02 Å². The van der Waals surface area contributed by atoms with Gasteiger partial charge in [0, 0.05) is 56.8 Å². The van der Waals surface area contributed by atoms with Gasteiger partial charge in [-0.15, -0.1) is 0 Å². The lowest BCUT2D eigenvalue weighted by Gasteiger charge is -2.41. The number of epoxide rings is 1. The van der Waals surface area contributed by atoms with E-state index < -0.39 is 76.3 Å². The average molecular weight is 863 g/mol. The number of aromatic nitrogens is 1. The topological polar surface area (TPSA) is 191 Å². The molecule has 1 aromatic heterocycles. The molecule has 2 amide bonds. The van der Waals surface area contributed by atoms with Gasteiger partial charge in [0.25, 0.3) is 11.6 Å². The van der Waals surface area contributed by atoms with Crippen molar-refractivity contribution >= 4 is 57.6 Å². The fraction of sp³-hybridized carbons (Fsp3) is 0.489. The molecule has 3 aliphatic rings. The van der Waals surface area contributed by atoms with E-state index in [0.717, 1.165) is 21.6 Å². The fourth-order valence-corrected chi connectivity index (χ4v) is 8.39. The number of pyridine rings is 1. The van der Waals surface area contributed by atoms with E-state index in [9.17, 15) is 34.4 Å². The van der Waals surface area contributed by atoms with Crippen LogP contribution in [0, 0.1) is 23.0 Å². The molecule has 6 rings (SSSR count). The van der Waals surface area contributed by atoms with E-state index >= 15 is 0 Å². The lowest BCUT2D eigenvalue weighted by Crippen LogP contribution is -2.53. The molecular formula is C45H55ClN4O11. The minimum Gasteiger partial charge on any atom is -0.462 e. The van der Waals surface area contributed by atoms with Crippen molar-refractivity contribution < 1.29 is 48.2 Å². The minimum atomic E-state index is -1.61. The second-order valence-electron chi connectivity index (χ2n) is 16.0. The maximum atomic E-state index is 14.3. The number of non-ortho nitro benzene ring substituents is 1. The van der Waals surface area contributed by atoms with Crippen molar-refractivity contribution in [2.75, 3.05) is 26.1 Å². The van der Waals surface area contributed by atoms with Crippen LogP contribution in [0.5, 0.6) is 0 Å². The van der Waals surface area contributed by atoms with Crippen LogP contribution >= 0.6 is 11.6 Å². The number of amides is 2. The second-order valence-corrected chi connectivity index (χ2v) is 16.4. The van der Waals surface area contributed by atoms with Crippen LogP contribution in [0.25, 0.3) is 10.9 Å². The number of hydrogen-bond donors (Lipinski definition) is 1. The number of aliphatic hydroxyl groups is 1. The lowest BCUT2D eigenvalue weighted by molar-refractivity contribution is -0.383. The smallest absolute Gasteiger partial charge is 0.328 e. The molecule has 15 nitrogen and oxygen atoms in total. The Morgan fingerprint density at radius 3 is 2.56 bits per heavy atom. The van der Waals surface area contributed by atoms with Gasteiger partial charge in [-0.2, -0.15) is 0 Å². The van der Waals surface area contributed by atoms with E-state index in [1.165, 1.54) is 50.4 Å². The minimum absolute atomic E-state index is 0.0186. The van der Waals surface area contributed by atoms with Gasteiger partial charge in [0.1, 0.15) is 41.1 Å². The van der Waals surface area contributed by atoms with Gasteiger partial charge in [-0.05, 0) is 63.4 Å². The number of hydrogen-bond acceptors (Lipinski definition) is 12. The summed E-state index contributed by atoms with van der Waals surface area (Å²) in [7, 11) is 4.44. The summed E-state index contributed by atoms with van der Waals surface area (Å²) in [6.45, 7) is 12.7. The largest absolute Gasteiger partial charge is 0.462 e. The highest BCUT2D eigenvalue weighted by Gasteiger charge is 2.64. The van der Waals surface area contributed by atoms with Crippen molar-refractivity contribution in [3.8, 4) is 0 Å². The summed E-state index contributed by atoms with van der Waals surface area (Å²) < 4.78 is 23.9. The van der Waals surface area contributed by atoms with Crippen molar-refractivity contribution in [1.82, 2.24) is 9.88 Å². The molecule has 4 heterocycles. The number of carbonyl (C=O) groups is 4. The van der Waals surface area contributed by atoms with E-state index in [4.69, 9.17) is 30.5 Å². The van der Waals surface area contributed by atoms with Crippen molar-refractivity contribution in [3.05, 3.63) is 98.2 Å². The van der Waals surface area contributed by atoms with Crippen molar-refractivity contribution in [2.45, 2.75) is 116 Å². The average Bonchev–Trinajstić information content (AvgIpc) is 3.93. The monoisotopic (exact) mass is 862 g/mol. The molecule has 0 aliphatic carbocycles. The highest BCUT2D eigenvalue weighted by molar-refractivity contribution is 6.34. The highest BCUT2D eigenvalue weighted by Crippen LogP contribution is 2.50. The molecule has 16 heteroatoms. The summed E-state index contributed by atoms with van der Waals surface area (Å²) in [5.74, 6) is -3.07. The van der Waals surface area contributed by atoms with E-state index in [1.54, 1.807) is 39.1 Å². The molecule has 2 aromatic carbocycles. The third-order valence-corrected chi connectivity index (χ3v) is 12.4. The molecule has 1 N–H and O–H groups in total. The summed E-state index contributed by atoms with van der Waals surface area (Å²) >= 11 is 6.80. The number of nitro benzene ring substituents is 1. The number of ether oxygens (including phenoxy) is 4. The van der Waals surface area contributed by atoms with E-state index in [-0.39, 0.29) is 41.4 Å². The zero-order valence-corrected chi connectivity index (χ0v) is 37.0. The third kappa shape index (κ3) is 9.65. The molecule has 0 unspecified atom stereocenters. The molecule has 8 atom stereocenters. The first-order valence-corrected chi connectivity index (χ1v) is 20.7. The zero-order valence-electron chi connectivity index (χ0n) is 36.3. The van der Waals surface area contributed by atoms with Crippen LogP contribution in [0.3, 0.4) is 0 Å². The predicted molar refractivity (Wildman–Crippen MR) is 229 cm³/mol. The molecule has 0 radical (unpaired) electrons. The maximum absolute atomic E-state index is 14.3. The van der Waals surface area contributed by atoms with Gasteiger partial charge in [0.2, 0.25) is 5.91 Å². The van der Waals surface area contributed by atoms with Crippen LogP contribution in [0.1, 0.15) is 82.3 Å².